The van der Waals surface area contributed by atoms with Gasteiger partial charge < -0.3 is 10.2 Å². The number of hydrogen-bond donors (Lipinski definition) is 1. The molecule has 2 heterocycles. The van der Waals surface area contributed by atoms with E-state index in [2.05, 4.69) is 52.5 Å². The van der Waals surface area contributed by atoms with Crippen LogP contribution in [0.5, 0.6) is 0 Å². The van der Waals surface area contributed by atoms with Crippen LogP contribution in [0.15, 0.2) is 60.7 Å². The molecule has 0 bridgehead atoms. The second-order valence-corrected chi connectivity index (χ2v) is 7.56. The summed E-state index contributed by atoms with van der Waals surface area (Å²) < 4.78 is 0. The van der Waals surface area contributed by atoms with Crippen molar-refractivity contribution in [3.8, 4) is 0 Å². The average Bonchev–Trinajstić information content (AvgIpc) is 3.06. The molecule has 0 fully saturated rings. The Bertz CT molecular complexity index is 1000. The average molecular weight is 386 g/mol. The van der Waals surface area contributed by atoms with Crippen molar-refractivity contribution in [2.24, 2.45) is 0 Å². The van der Waals surface area contributed by atoms with Gasteiger partial charge in [-0.25, -0.2) is 9.97 Å². The number of rotatable bonds is 6. The molecule has 1 aromatic heterocycles. The first kappa shape index (κ1) is 19.1. The lowest BCUT2D eigenvalue weighted by molar-refractivity contribution is 0.0976. The van der Waals surface area contributed by atoms with Crippen molar-refractivity contribution >= 4 is 17.4 Å². The summed E-state index contributed by atoms with van der Waals surface area (Å²) in [6.07, 6.45) is 2.87. The Morgan fingerprint density at radius 3 is 2.69 bits per heavy atom. The molecular weight excluding hydrogens is 360 g/mol. The van der Waals surface area contributed by atoms with Crippen molar-refractivity contribution in [2.75, 3.05) is 16.8 Å². The highest BCUT2D eigenvalue weighted by Gasteiger charge is 2.32. The van der Waals surface area contributed by atoms with Crippen molar-refractivity contribution in [1.29, 1.82) is 0 Å². The monoisotopic (exact) mass is 386 g/mol. The van der Waals surface area contributed by atoms with Crippen molar-refractivity contribution < 1.29 is 4.79 Å². The summed E-state index contributed by atoms with van der Waals surface area (Å²) in [4.78, 5) is 24.0. The van der Waals surface area contributed by atoms with Crippen LogP contribution >= 0.6 is 0 Å². The van der Waals surface area contributed by atoms with E-state index in [0.717, 1.165) is 31.5 Å². The van der Waals surface area contributed by atoms with Crippen LogP contribution in [-0.4, -0.2) is 28.5 Å². The largest absolute Gasteiger partial charge is 0.370 e. The number of para-hydroxylation sites is 1. The molecule has 1 amide bonds. The van der Waals surface area contributed by atoms with Crippen molar-refractivity contribution in [2.45, 2.75) is 39.2 Å². The zero-order valence-corrected chi connectivity index (χ0v) is 16.9. The van der Waals surface area contributed by atoms with Gasteiger partial charge in [-0.05, 0) is 50.3 Å². The minimum Gasteiger partial charge on any atom is -0.370 e. The molecule has 3 aromatic rings. The Labute approximate surface area is 171 Å². The molecule has 5 heteroatoms. The number of aromatic nitrogens is 2. The van der Waals surface area contributed by atoms with Crippen LogP contribution in [0.4, 0.5) is 11.5 Å². The third kappa shape index (κ3) is 4.29. The SMILES string of the molecule is Cc1nc(NCCCc2ccccc2)cc(C(=O)N2c3ccccc3CC2C)n1. The van der Waals surface area contributed by atoms with Crippen LogP contribution in [0.1, 0.15) is 40.8 Å². The molecule has 2 aromatic carbocycles. The molecule has 0 aliphatic carbocycles. The van der Waals surface area contributed by atoms with Gasteiger partial charge in [0.05, 0.1) is 0 Å². The second-order valence-electron chi connectivity index (χ2n) is 7.56. The first-order valence-corrected chi connectivity index (χ1v) is 10.2. The summed E-state index contributed by atoms with van der Waals surface area (Å²) in [7, 11) is 0. The summed E-state index contributed by atoms with van der Waals surface area (Å²) in [6, 6.07) is 20.4. The lowest BCUT2D eigenvalue weighted by Gasteiger charge is -2.22. The number of nitrogens with zero attached hydrogens (tertiary/aromatic N) is 3. The van der Waals surface area contributed by atoms with Crippen LogP contribution in [0.2, 0.25) is 0 Å². The fraction of sp³-hybridized carbons (Fsp3) is 0.292. The highest BCUT2D eigenvalue weighted by molar-refractivity contribution is 6.06. The highest BCUT2D eigenvalue weighted by atomic mass is 16.2. The molecule has 1 aliphatic heterocycles. The molecule has 1 N–H and O–H groups in total. The number of hydrogen-bond acceptors (Lipinski definition) is 4. The first-order valence-electron chi connectivity index (χ1n) is 10.2. The van der Waals surface area contributed by atoms with Crippen LogP contribution in [0, 0.1) is 6.92 Å². The van der Waals surface area contributed by atoms with E-state index in [0.29, 0.717) is 17.3 Å². The molecule has 1 atom stereocenters. The maximum atomic E-state index is 13.2. The summed E-state index contributed by atoms with van der Waals surface area (Å²) >= 11 is 0. The van der Waals surface area contributed by atoms with Gasteiger partial charge in [-0.1, -0.05) is 48.5 Å². The summed E-state index contributed by atoms with van der Waals surface area (Å²) in [5.74, 6) is 1.23. The Hall–Kier alpha value is -3.21. The number of carbonyl (C=O) groups excluding carboxylic acids is 1. The number of amides is 1. The molecule has 29 heavy (non-hydrogen) atoms. The first-order chi connectivity index (χ1) is 14.1. The van der Waals surface area contributed by atoms with E-state index in [1.807, 2.05) is 36.1 Å². The van der Waals surface area contributed by atoms with Crippen molar-refractivity contribution in [1.82, 2.24) is 9.97 Å². The van der Waals surface area contributed by atoms with Crippen molar-refractivity contribution in [3.05, 3.63) is 83.3 Å². The van der Waals surface area contributed by atoms with E-state index in [-0.39, 0.29) is 11.9 Å². The van der Waals surface area contributed by atoms with E-state index in [1.165, 1.54) is 11.1 Å². The number of carbonyl (C=O) groups is 1. The van der Waals surface area contributed by atoms with Crippen LogP contribution in [0.25, 0.3) is 0 Å². The minimum absolute atomic E-state index is 0.0692. The van der Waals surface area contributed by atoms with Gasteiger partial charge in [0.25, 0.3) is 5.91 Å². The van der Waals surface area contributed by atoms with E-state index in [1.54, 1.807) is 6.07 Å². The smallest absolute Gasteiger partial charge is 0.277 e. The summed E-state index contributed by atoms with van der Waals surface area (Å²) in [5, 5.41) is 3.35. The summed E-state index contributed by atoms with van der Waals surface area (Å²) in [5.41, 5.74) is 3.95. The number of fused-ring (bicyclic) bond motifs is 1. The van der Waals surface area contributed by atoms with Gasteiger partial charge in [-0.15, -0.1) is 0 Å². The molecule has 0 saturated heterocycles. The predicted molar refractivity (Wildman–Crippen MR) is 116 cm³/mol. The van der Waals surface area contributed by atoms with Gasteiger partial charge in [-0.2, -0.15) is 0 Å². The van der Waals surface area contributed by atoms with Gasteiger partial charge in [0, 0.05) is 24.3 Å². The maximum absolute atomic E-state index is 13.2. The topological polar surface area (TPSA) is 58.1 Å². The summed E-state index contributed by atoms with van der Waals surface area (Å²) in [6.45, 7) is 4.70. The molecule has 0 saturated carbocycles. The number of nitrogens with one attached hydrogen (secondary N) is 1. The standard InChI is InChI=1S/C24H26N4O/c1-17-15-20-12-6-7-13-22(20)28(17)24(29)21-16-23(27-18(2)26-21)25-14-8-11-19-9-4-3-5-10-19/h3-7,9-10,12-13,16-17H,8,11,14-15H2,1-2H3,(H,25,26,27). The Balaban J connectivity index is 1.45. The highest BCUT2D eigenvalue weighted by Crippen LogP contribution is 2.33. The molecule has 5 nitrogen and oxygen atoms in total. The van der Waals surface area contributed by atoms with Crippen LogP contribution in [0.3, 0.4) is 0 Å². The molecule has 148 valence electrons. The van der Waals surface area contributed by atoms with E-state index >= 15 is 0 Å². The van der Waals surface area contributed by atoms with Gasteiger partial charge in [0.1, 0.15) is 17.3 Å². The second kappa shape index (κ2) is 8.43. The third-order valence-corrected chi connectivity index (χ3v) is 5.27. The van der Waals surface area contributed by atoms with Crippen LogP contribution in [-0.2, 0) is 12.8 Å². The fourth-order valence-electron chi connectivity index (χ4n) is 3.92. The number of aryl methyl sites for hydroxylation is 2. The molecule has 0 radical (unpaired) electrons. The van der Waals surface area contributed by atoms with Gasteiger partial charge in [0.2, 0.25) is 0 Å². The minimum atomic E-state index is -0.0692. The number of anilines is 2. The van der Waals surface area contributed by atoms with Crippen LogP contribution < -0.4 is 10.2 Å². The Morgan fingerprint density at radius 1 is 1.10 bits per heavy atom. The van der Waals surface area contributed by atoms with E-state index < -0.39 is 0 Å². The Kier molecular flexibility index (Phi) is 5.56. The molecular formula is C24H26N4O. The van der Waals surface area contributed by atoms with Gasteiger partial charge in [-0.3, -0.25) is 4.79 Å². The predicted octanol–water partition coefficient (Wildman–Crippen LogP) is 4.42. The molecule has 1 unspecified atom stereocenters. The lowest BCUT2D eigenvalue weighted by atomic mass is 10.1. The number of benzene rings is 2. The maximum Gasteiger partial charge on any atom is 0.277 e. The molecule has 1 aliphatic rings. The van der Waals surface area contributed by atoms with Crippen molar-refractivity contribution in [3.63, 3.8) is 0 Å². The zero-order chi connectivity index (χ0) is 20.2. The molecule has 4 rings (SSSR count). The zero-order valence-electron chi connectivity index (χ0n) is 16.9. The van der Waals surface area contributed by atoms with Gasteiger partial charge >= 0.3 is 0 Å². The van der Waals surface area contributed by atoms with E-state index in [9.17, 15) is 4.79 Å². The van der Waals surface area contributed by atoms with E-state index in [4.69, 9.17) is 0 Å². The normalized spacial score (nSPS) is 15.2. The lowest BCUT2D eigenvalue weighted by Crippen LogP contribution is -2.36. The quantitative estimate of drug-likeness (QED) is 0.637. The Morgan fingerprint density at radius 2 is 1.86 bits per heavy atom. The third-order valence-electron chi connectivity index (χ3n) is 5.27. The fourth-order valence-corrected chi connectivity index (χ4v) is 3.92. The van der Waals surface area contributed by atoms with Gasteiger partial charge in [0.15, 0.2) is 0 Å². The molecule has 0 spiro atoms.